The molecule has 0 radical (unpaired) electrons. The van der Waals surface area contributed by atoms with Crippen molar-refractivity contribution in [2.75, 3.05) is 32.0 Å². The molecule has 0 aliphatic heterocycles. The summed E-state index contributed by atoms with van der Waals surface area (Å²) in [7, 11) is 0. The van der Waals surface area contributed by atoms with E-state index >= 15 is 0 Å². The third-order valence-electron chi connectivity index (χ3n) is 3.43. The Balaban J connectivity index is 2.16. The number of hydrogen-bond acceptors (Lipinski definition) is 8. The van der Waals surface area contributed by atoms with Crippen LogP contribution < -0.4 is 16.0 Å². The van der Waals surface area contributed by atoms with Gasteiger partial charge in [-0.25, -0.2) is 4.79 Å². The molecule has 1 rings (SSSR count). The number of esters is 1. The summed E-state index contributed by atoms with van der Waals surface area (Å²) in [5.41, 5.74) is 0.615. The van der Waals surface area contributed by atoms with Gasteiger partial charge >= 0.3 is 5.97 Å². The monoisotopic (exact) mass is 449 g/mol. The SMILES string of the molecule is C=C(C)C(=O)OCC(=O)CNC(=O)CNC(=O)CNC(=O)CSC(=O)c1ccccc1. The van der Waals surface area contributed by atoms with Crippen molar-refractivity contribution in [3.05, 3.63) is 48.0 Å². The van der Waals surface area contributed by atoms with E-state index in [1.807, 2.05) is 0 Å². The van der Waals surface area contributed by atoms with Gasteiger partial charge in [0, 0.05) is 11.1 Å². The second kappa shape index (κ2) is 13.7. The minimum atomic E-state index is -0.711. The number of ketones is 1. The largest absolute Gasteiger partial charge is 0.454 e. The number of thioether (sulfide) groups is 1. The number of hydrogen-bond donors (Lipinski definition) is 3. The van der Waals surface area contributed by atoms with Crippen LogP contribution in [0.4, 0.5) is 0 Å². The number of benzene rings is 1. The van der Waals surface area contributed by atoms with Gasteiger partial charge in [-0.3, -0.25) is 24.0 Å². The first-order valence-corrected chi connectivity index (χ1v) is 10.0. The summed E-state index contributed by atoms with van der Waals surface area (Å²) < 4.78 is 4.64. The summed E-state index contributed by atoms with van der Waals surface area (Å²) in [5, 5.41) is 6.60. The number of carbonyl (C=O) groups is 6. The second-order valence-corrected chi connectivity index (χ2v) is 7.12. The van der Waals surface area contributed by atoms with E-state index < -0.39 is 42.6 Å². The number of carbonyl (C=O) groups excluding carboxylic acids is 6. The zero-order chi connectivity index (χ0) is 23.2. The van der Waals surface area contributed by atoms with Crippen molar-refractivity contribution < 1.29 is 33.5 Å². The van der Waals surface area contributed by atoms with Crippen LogP contribution in [0.25, 0.3) is 0 Å². The van der Waals surface area contributed by atoms with Gasteiger partial charge in [0.25, 0.3) is 0 Å². The molecular weight excluding hydrogens is 426 g/mol. The molecular formula is C20H23N3O7S. The summed E-state index contributed by atoms with van der Waals surface area (Å²) in [6.45, 7) is 3.14. The van der Waals surface area contributed by atoms with Gasteiger partial charge < -0.3 is 20.7 Å². The summed E-state index contributed by atoms with van der Waals surface area (Å²) in [4.78, 5) is 69.6. The lowest BCUT2D eigenvalue weighted by molar-refractivity contribution is -0.143. The molecule has 0 fully saturated rings. The maximum atomic E-state index is 11.9. The number of Topliss-reactive ketones (excluding diaryl/α,β-unsaturated/α-hetero) is 1. The van der Waals surface area contributed by atoms with Crippen LogP contribution in [0.2, 0.25) is 0 Å². The topological polar surface area (TPSA) is 148 Å². The van der Waals surface area contributed by atoms with E-state index in [2.05, 4.69) is 27.3 Å². The summed E-state index contributed by atoms with van der Waals surface area (Å²) in [6.07, 6.45) is 0. The van der Waals surface area contributed by atoms with Crippen molar-refractivity contribution in [1.82, 2.24) is 16.0 Å². The normalized spacial score (nSPS) is 9.84. The average Bonchev–Trinajstić information content (AvgIpc) is 2.77. The predicted octanol–water partition coefficient (Wildman–Crippen LogP) is -0.403. The molecule has 0 aromatic heterocycles. The van der Waals surface area contributed by atoms with Gasteiger partial charge in [-0.15, -0.1) is 0 Å². The Morgan fingerprint density at radius 3 is 2.00 bits per heavy atom. The summed E-state index contributed by atoms with van der Waals surface area (Å²) in [6, 6.07) is 8.46. The highest BCUT2D eigenvalue weighted by molar-refractivity contribution is 8.14. The maximum Gasteiger partial charge on any atom is 0.333 e. The highest BCUT2D eigenvalue weighted by atomic mass is 32.2. The van der Waals surface area contributed by atoms with E-state index in [1.165, 1.54) is 6.92 Å². The highest BCUT2D eigenvalue weighted by Gasteiger charge is 2.12. The molecule has 0 saturated carbocycles. The van der Waals surface area contributed by atoms with Gasteiger partial charge in [0.2, 0.25) is 22.8 Å². The van der Waals surface area contributed by atoms with Gasteiger partial charge in [0.05, 0.1) is 25.4 Å². The fourth-order valence-corrected chi connectivity index (χ4v) is 2.51. The van der Waals surface area contributed by atoms with Gasteiger partial charge in [0.15, 0.2) is 12.4 Å². The minimum absolute atomic E-state index is 0.146. The van der Waals surface area contributed by atoms with Crippen molar-refractivity contribution in [1.29, 1.82) is 0 Å². The van der Waals surface area contributed by atoms with Crippen LogP contribution in [-0.2, 0) is 28.7 Å². The van der Waals surface area contributed by atoms with Crippen molar-refractivity contribution in [2.24, 2.45) is 0 Å². The first kappa shape index (κ1) is 25.6. The third-order valence-corrected chi connectivity index (χ3v) is 4.34. The standard InChI is InChI=1S/C20H23N3O7S/c1-13(2)19(28)30-11-15(24)8-21-16(25)9-22-17(26)10-23-18(27)12-31-20(29)14-6-4-3-5-7-14/h3-7H,1,8-12H2,2H3,(H,21,25)(H,22,26)(H,23,27). The van der Waals surface area contributed by atoms with E-state index in [1.54, 1.807) is 30.3 Å². The van der Waals surface area contributed by atoms with Crippen molar-refractivity contribution in [3.8, 4) is 0 Å². The number of amides is 3. The van der Waals surface area contributed by atoms with Crippen molar-refractivity contribution in [2.45, 2.75) is 6.92 Å². The quantitative estimate of drug-likeness (QED) is 0.288. The van der Waals surface area contributed by atoms with Crippen LogP contribution in [0, 0.1) is 0 Å². The Labute approximate surface area is 183 Å². The average molecular weight is 449 g/mol. The van der Waals surface area contributed by atoms with E-state index in [-0.39, 0.29) is 29.5 Å². The lowest BCUT2D eigenvalue weighted by Gasteiger charge is -2.08. The number of nitrogens with one attached hydrogen (secondary N) is 3. The zero-order valence-corrected chi connectivity index (χ0v) is 17.7. The Morgan fingerprint density at radius 2 is 1.42 bits per heavy atom. The first-order chi connectivity index (χ1) is 14.7. The minimum Gasteiger partial charge on any atom is -0.454 e. The van der Waals surface area contributed by atoms with Crippen LogP contribution in [0.5, 0.6) is 0 Å². The summed E-state index contributed by atoms with van der Waals surface area (Å²) in [5.74, 6) is -3.17. The maximum absolute atomic E-state index is 11.9. The summed E-state index contributed by atoms with van der Waals surface area (Å²) >= 11 is 0.809. The van der Waals surface area contributed by atoms with Crippen LogP contribution in [0.15, 0.2) is 42.5 Å². The van der Waals surface area contributed by atoms with Gasteiger partial charge in [-0.1, -0.05) is 48.7 Å². The second-order valence-electron chi connectivity index (χ2n) is 6.17. The molecule has 0 atom stereocenters. The molecule has 166 valence electrons. The lowest BCUT2D eigenvalue weighted by atomic mass is 10.2. The number of rotatable bonds is 12. The highest BCUT2D eigenvalue weighted by Crippen LogP contribution is 2.11. The molecule has 0 aliphatic carbocycles. The zero-order valence-electron chi connectivity index (χ0n) is 16.9. The molecule has 0 aliphatic rings. The molecule has 1 aromatic carbocycles. The van der Waals surface area contributed by atoms with E-state index in [0.717, 1.165) is 11.8 Å². The Hall–Kier alpha value is -3.47. The molecule has 0 unspecified atom stereocenters. The molecule has 1 aromatic rings. The first-order valence-electron chi connectivity index (χ1n) is 9.05. The molecule has 0 bridgehead atoms. The fraction of sp³-hybridized carbons (Fsp3) is 0.300. The van der Waals surface area contributed by atoms with E-state index in [9.17, 15) is 28.8 Å². The van der Waals surface area contributed by atoms with Crippen LogP contribution in [-0.4, -0.2) is 66.6 Å². The smallest absolute Gasteiger partial charge is 0.333 e. The molecule has 3 N–H and O–H groups in total. The Bertz CT molecular complexity index is 856. The van der Waals surface area contributed by atoms with Gasteiger partial charge in [-0.05, 0) is 6.92 Å². The molecule has 31 heavy (non-hydrogen) atoms. The van der Waals surface area contributed by atoms with Crippen molar-refractivity contribution >= 4 is 46.4 Å². The molecule has 0 spiro atoms. The third kappa shape index (κ3) is 11.3. The lowest BCUT2D eigenvalue weighted by Crippen LogP contribution is -2.43. The fourth-order valence-electron chi connectivity index (χ4n) is 1.84. The van der Waals surface area contributed by atoms with Crippen LogP contribution >= 0.6 is 11.8 Å². The predicted molar refractivity (Wildman–Crippen MR) is 113 cm³/mol. The Kier molecular flexibility index (Phi) is 11.3. The van der Waals surface area contributed by atoms with E-state index in [0.29, 0.717) is 5.56 Å². The Morgan fingerprint density at radius 1 is 0.871 bits per heavy atom. The van der Waals surface area contributed by atoms with E-state index in [4.69, 9.17) is 0 Å². The van der Waals surface area contributed by atoms with Gasteiger partial charge in [-0.2, -0.15) is 0 Å². The molecule has 10 nitrogen and oxygen atoms in total. The van der Waals surface area contributed by atoms with Gasteiger partial charge in [0.1, 0.15) is 0 Å². The molecule has 0 saturated heterocycles. The van der Waals surface area contributed by atoms with Crippen LogP contribution in [0.3, 0.4) is 0 Å². The molecule has 11 heteroatoms. The van der Waals surface area contributed by atoms with Crippen molar-refractivity contribution in [3.63, 3.8) is 0 Å². The molecule has 0 heterocycles. The van der Waals surface area contributed by atoms with Crippen LogP contribution in [0.1, 0.15) is 17.3 Å². The number of ether oxygens (including phenoxy) is 1. The molecule has 3 amide bonds.